The molecule has 0 amide bonds. The van der Waals surface area contributed by atoms with Crippen molar-refractivity contribution in [3.8, 4) is 0 Å². The molecular weight excluding hydrogens is 256 g/mol. The van der Waals surface area contributed by atoms with Crippen LogP contribution in [0.25, 0.3) is 0 Å². The smallest absolute Gasteiger partial charge is 0.229 e. The fourth-order valence-corrected chi connectivity index (χ4v) is 4.71. The van der Waals surface area contributed by atoms with Gasteiger partial charge in [-0.15, -0.1) is 11.8 Å². The minimum Gasteiger partial charge on any atom is -0.381 e. The Morgan fingerprint density at radius 3 is 2.82 bits per heavy atom. The molecule has 2 aliphatic heterocycles. The first kappa shape index (κ1) is 11.9. The van der Waals surface area contributed by atoms with Crippen LogP contribution in [0, 0.1) is 0 Å². The van der Waals surface area contributed by atoms with Crippen LogP contribution in [0.15, 0.2) is 4.52 Å². The third-order valence-electron chi connectivity index (χ3n) is 3.13. The second-order valence-electron chi connectivity index (χ2n) is 4.31. The summed E-state index contributed by atoms with van der Waals surface area (Å²) in [7, 11) is 0. The average molecular weight is 272 g/mol. The summed E-state index contributed by atoms with van der Waals surface area (Å²) < 4.78 is 10.8. The van der Waals surface area contributed by atoms with E-state index in [1.54, 1.807) is 0 Å². The minimum absolute atomic E-state index is 0.409. The van der Waals surface area contributed by atoms with E-state index in [9.17, 15) is 0 Å². The molecule has 17 heavy (non-hydrogen) atoms. The number of ether oxygens (including phenoxy) is 1. The van der Waals surface area contributed by atoms with Crippen molar-refractivity contribution in [1.29, 1.82) is 0 Å². The maximum absolute atomic E-state index is 5.42. The zero-order valence-corrected chi connectivity index (χ0v) is 11.3. The predicted octanol–water partition coefficient (Wildman–Crippen LogP) is 2.48. The number of hydrogen-bond donors (Lipinski definition) is 0. The zero-order chi connectivity index (χ0) is 11.5. The fraction of sp³-hybridized carbons (Fsp3) is 0.818. The number of hydrogen-bond acceptors (Lipinski definition) is 6. The van der Waals surface area contributed by atoms with Crippen molar-refractivity contribution in [2.45, 2.75) is 24.0 Å². The summed E-state index contributed by atoms with van der Waals surface area (Å²) in [5.41, 5.74) is 0. The highest BCUT2D eigenvalue weighted by molar-refractivity contribution is 8.06. The number of nitrogens with zero attached hydrogens (tertiary/aromatic N) is 2. The van der Waals surface area contributed by atoms with Crippen molar-refractivity contribution in [2.24, 2.45) is 0 Å². The normalized spacial score (nSPS) is 27.2. The van der Waals surface area contributed by atoms with Crippen LogP contribution in [-0.2, 0) is 4.74 Å². The molecular formula is C11H16N2O2S2. The summed E-state index contributed by atoms with van der Waals surface area (Å²) in [6, 6.07) is 0. The summed E-state index contributed by atoms with van der Waals surface area (Å²) in [6.07, 6.45) is 2.02. The highest BCUT2D eigenvalue weighted by Gasteiger charge is 2.26. The van der Waals surface area contributed by atoms with Crippen molar-refractivity contribution in [3.05, 3.63) is 11.7 Å². The standard InChI is InChI=1S/C11H16N2O2S2/c1-3-14-4-2-8(1)11-12-10(13-15-11)9-7-16-5-6-17-9/h8-9H,1-7H2/t9-/m0/s1. The summed E-state index contributed by atoms with van der Waals surface area (Å²) >= 11 is 3.93. The SMILES string of the molecule is C1CC(c2nc([C@@H]3CSCCS3)no2)CCO1. The van der Waals surface area contributed by atoms with E-state index in [0.29, 0.717) is 11.2 Å². The lowest BCUT2D eigenvalue weighted by Gasteiger charge is -2.18. The Bertz CT molecular complexity index is 328. The van der Waals surface area contributed by atoms with Gasteiger partial charge in [-0.25, -0.2) is 0 Å². The quantitative estimate of drug-likeness (QED) is 0.824. The Hall–Kier alpha value is -0.200. The van der Waals surface area contributed by atoms with Crippen molar-refractivity contribution < 1.29 is 9.26 Å². The first-order valence-corrected chi connectivity index (χ1v) is 8.24. The van der Waals surface area contributed by atoms with E-state index in [1.165, 1.54) is 11.5 Å². The average Bonchev–Trinajstić information content (AvgIpc) is 2.90. The Balaban J connectivity index is 1.68. The Labute approximate surface area is 109 Å². The molecule has 0 radical (unpaired) electrons. The highest BCUT2D eigenvalue weighted by Crippen LogP contribution is 2.36. The van der Waals surface area contributed by atoms with Crippen LogP contribution in [-0.4, -0.2) is 40.6 Å². The zero-order valence-electron chi connectivity index (χ0n) is 9.63. The Morgan fingerprint density at radius 1 is 1.18 bits per heavy atom. The van der Waals surface area contributed by atoms with Gasteiger partial charge in [0.1, 0.15) is 0 Å². The largest absolute Gasteiger partial charge is 0.381 e. The van der Waals surface area contributed by atoms with Crippen molar-refractivity contribution in [2.75, 3.05) is 30.5 Å². The summed E-state index contributed by atoms with van der Waals surface area (Å²) in [4.78, 5) is 4.59. The Morgan fingerprint density at radius 2 is 2.06 bits per heavy atom. The van der Waals surface area contributed by atoms with Crippen molar-refractivity contribution >= 4 is 23.5 Å². The maximum atomic E-state index is 5.42. The lowest BCUT2D eigenvalue weighted by molar-refractivity contribution is 0.0778. The van der Waals surface area contributed by atoms with E-state index in [0.717, 1.165) is 43.5 Å². The summed E-state index contributed by atoms with van der Waals surface area (Å²) in [6.45, 7) is 1.63. The van der Waals surface area contributed by atoms with Crippen LogP contribution in [0.3, 0.4) is 0 Å². The van der Waals surface area contributed by atoms with Crippen LogP contribution in [0.5, 0.6) is 0 Å². The number of aromatic nitrogens is 2. The first-order chi connectivity index (χ1) is 8.43. The number of thioether (sulfide) groups is 2. The topological polar surface area (TPSA) is 48.2 Å². The molecule has 0 spiro atoms. The molecule has 0 unspecified atom stereocenters. The van der Waals surface area contributed by atoms with Crippen LogP contribution < -0.4 is 0 Å². The molecule has 2 saturated heterocycles. The van der Waals surface area contributed by atoms with Crippen LogP contribution in [0.1, 0.15) is 35.7 Å². The van der Waals surface area contributed by atoms with Gasteiger partial charge in [-0.05, 0) is 12.8 Å². The van der Waals surface area contributed by atoms with Crippen LogP contribution in [0.4, 0.5) is 0 Å². The van der Waals surface area contributed by atoms with Crippen LogP contribution >= 0.6 is 23.5 Å². The lowest BCUT2D eigenvalue weighted by atomic mass is 10.0. The molecule has 1 aromatic rings. The molecule has 0 bridgehead atoms. The molecule has 3 rings (SSSR count). The third kappa shape index (κ3) is 2.80. The van der Waals surface area contributed by atoms with Gasteiger partial charge in [-0.2, -0.15) is 16.7 Å². The van der Waals surface area contributed by atoms with Gasteiger partial charge in [-0.3, -0.25) is 0 Å². The van der Waals surface area contributed by atoms with E-state index in [-0.39, 0.29) is 0 Å². The molecule has 2 fully saturated rings. The van der Waals surface area contributed by atoms with Gasteiger partial charge in [0.15, 0.2) is 5.82 Å². The fourth-order valence-electron chi connectivity index (χ4n) is 2.13. The molecule has 6 heteroatoms. The van der Waals surface area contributed by atoms with Gasteiger partial charge >= 0.3 is 0 Å². The van der Waals surface area contributed by atoms with E-state index < -0.39 is 0 Å². The summed E-state index contributed by atoms with van der Waals surface area (Å²) in [5.74, 6) is 5.66. The molecule has 1 atom stereocenters. The summed E-state index contributed by atoms with van der Waals surface area (Å²) in [5, 5.41) is 4.58. The molecule has 0 aromatic carbocycles. The van der Waals surface area contributed by atoms with Crippen LogP contribution in [0.2, 0.25) is 0 Å². The lowest BCUT2D eigenvalue weighted by Crippen LogP contribution is -2.14. The Kier molecular flexibility index (Phi) is 3.93. The van der Waals surface area contributed by atoms with E-state index in [1.807, 2.05) is 23.5 Å². The van der Waals surface area contributed by atoms with Gasteiger partial charge < -0.3 is 9.26 Å². The number of rotatable bonds is 2. The van der Waals surface area contributed by atoms with Gasteiger partial charge in [0.05, 0.1) is 5.25 Å². The highest BCUT2D eigenvalue weighted by atomic mass is 32.2. The van der Waals surface area contributed by atoms with Gasteiger partial charge in [0.2, 0.25) is 5.89 Å². The molecule has 94 valence electrons. The van der Waals surface area contributed by atoms with Crippen molar-refractivity contribution in [1.82, 2.24) is 10.1 Å². The van der Waals surface area contributed by atoms with Gasteiger partial charge in [0.25, 0.3) is 0 Å². The van der Waals surface area contributed by atoms with Gasteiger partial charge in [0, 0.05) is 36.4 Å². The molecule has 3 heterocycles. The second kappa shape index (κ2) is 5.63. The molecule has 2 aliphatic rings. The van der Waals surface area contributed by atoms with E-state index in [4.69, 9.17) is 9.26 Å². The molecule has 1 aromatic heterocycles. The monoisotopic (exact) mass is 272 g/mol. The minimum atomic E-state index is 0.409. The van der Waals surface area contributed by atoms with E-state index >= 15 is 0 Å². The second-order valence-corrected chi connectivity index (χ2v) is 6.77. The molecule has 0 aliphatic carbocycles. The third-order valence-corrected chi connectivity index (χ3v) is 5.88. The molecule has 0 saturated carbocycles. The molecule has 0 N–H and O–H groups in total. The first-order valence-electron chi connectivity index (χ1n) is 6.04. The maximum Gasteiger partial charge on any atom is 0.229 e. The molecule has 4 nitrogen and oxygen atoms in total. The predicted molar refractivity (Wildman–Crippen MR) is 69.6 cm³/mol. The van der Waals surface area contributed by atoms with Crippen molar-refractivity contribution in [3.63, 3.8) is 0 Å². The van der Waals surface area contributed by atoms with E-state index in [2.05, 4.69) is 10.1 Å². The van der Waals surface area contributed by atoms with Gasteiger partial charge in [-0.1, -0.05) is 5.16 Å².